The molecule has 7 heteroatoms. The molecule has 2 aliphatic rings. The number of fused-ring (bicyclic) bond motifs is 1. The average molecular weight is 286 g/mol. The average Bonchev–Trinajstić information content (AvgIpc) is 3.04. The van der Waals surface area contributed by atoms with Gasteiger partial charge in [-0.05, 0) is 0 Å². The molecule has 2 aliphatic heterocycles. The molecule has 0 spiro atoms. The van der Waals surface area contributed by atoms with Gasteiger partial charge in [0, 0.05) is 49.7 Å². The van der Waals surface area contributed by atoms with Crippen LogP contribution in [0.4, 0.5) is 5.95 Å². The SMILES string of the molecule is c1nc2c([nH]1)CCNC2c1cnc(N2CCOCC2)nc1. The standard InChI is InChI=1S/C14H18N6O/c1-2-15-12(13-11(1)18-9-19-13)10-7-16-14(17-8-10)20-3-5-21-6-4-20/h7-9,12,15H,1-6H2,(H,18,19). The number of nitrogens with zero attached hydrogens (tertiary/aromatic N) is 4. The lowest BCUT2D eigenvalue weighted by Crippen LogP contribution is -2.37. The van der Waals surface area contributed by atoms with E-state index in [4.69, 9.17) is 4.74 Å². The van der Waals surface area contributed by atoms with E-state index in [0.717, 1.165) is 56.5 Å². The third-order valence-electron chi connectivity index (χ3n) is 4.03. The van der Waals surface area contributed by atoms with E-state index < -0.39 is 0 Å². The van der Waals surface area contributed by atoms with Crippen molar-refractivity contribution in [3.05, 3.63) is 35.7 Å². The molecule has 0 radical (unpaired) electrons. The van der Waals surface area contributed by atoms with Gasteiger partial charge in [0.1, 0.15) is 0 Å². The molecule has 4 rings (SSSR count). The number of hydrogen-bond donors (Lipinski definition) is 2. The molecular weight excluding hydrogens is 268 g/mol. The highest BCUT2D eigenvalue weighted by Crippen LogP contribution is 2.25. The van der Waals surface area contributed by atoms with Gasteiger partial charge in [0.15, 0.2) is 0 Å². The Labute approximate surface area is 122 Å². The van der Waals surface area contributed by atoms with Gasteiger partial charge in [-0.1, -0.05) is 0 Å². The van der Waals surface area contributed by atoms with Crippen molar-refractivity contribution in [2.45, 2.75) is 12.5 Å². The Hall–Kier alpha value is -1.99. The molecule has 1 atom stereocenters. The van der Waals surface area contributed by atoms with Crippen molar-refractivity contribution in [1.82, 2.24) is 25.3 Å². The zero-order valence-corrected chi connectivity index (χ0v) is 11.7. The summed E-state index contributed by atoms with van der Waals surface area (Å²) in [6.07, 6.45) is 6.55. The van der Waals surface area contributed by atoms with E-state index >= 15 is 0 Å². The van der Waals surface area contributed by atoms with Crippen LogP contribution < -0.4 is 10.2 Å². The van der Waals surface area contributed by atoms with Gasteiger partial charge in [0.2, 0.25) is 5.95 Å². The summed E-state index contributed by atoms with van der Waals surface area (Å²) in [5, 5.41) is 3.48. The van der Waals surface area contributed by atoms with Crippen LogP contribution in [0.5, 0.6) is 0 Å². The number of aromatic amines is 1. The first-order valence-electron chi connectivity index (χ1n) is 7.32. The topological polar surface area (TPSA) is 79.0 Å². The van der Waals surface area contributed by atoms with Crippen molar-refractivity contribution in [1.29, 1.82) is 0 Å². The number of anilines is 1. The number of rotatable bonds is 2. The van der Waals surface area contributed by atoms with E-state index in [9.17, 15) is 0 Å². The maximum absolute atomic E-state index is 5.35. The number of H-pyrrole nitrogens is 1. The lowest BCUT2D eigenvalue weighted by Gasteiger charge is -2.27. The lowest BCUT2D eigenvalue weighted by atomic mass is 10.0. The highest BCUT2D eigenvalue weighted by atomic mass is 16.5. The van der Waals surface area contributed by atoms with Crippen molar-refractivity contribution in [2.24, 2.45) is 0 Å². The van der Waals surface area contributed by atoms with E-state index in [2.05, 4.69) is 30.2 Å². The van der Waals surface area contributed by atoms with Crippen LogP contribution in [0.2, 0.25) is 0 Å². The summed E-state index contributed by atoms with van der Waals surface area (Å²) in [5.74, 6) is 0.778. The molecule has 7 nitrogen and oxygen atoms in total. The normalized spacial score (nSPS) is 22.1. The quantitative estimate of drug-likeness (QED) is 0.825. The molecule has 2 aromatic rings. The monoisotopic (exact) mass is 286 g/mol. The third-order valence-corrected chi connectivity index (χ3v) is 4.03. The zero-order chi connectivity index (χ0) is 14.1. The third kappa shape index (κ3) is 2.38. The van der Waals surface area contributed by atoms with E-state index in [1.807, 2.05) is 12.4 Å². The van der Waals surface area contributed by atoms with Crippen molar-refractivity contribution in [3.63, 3.8) is 0 Å². The zero-order valence-electron chi connectivity index (χ0n) is 11.7. The van der Waals surface area contributed by atoms with E-state index in [1.165, 1.54) is 5.69 Å². The molecule has 0 amide bonds. The van der Waals surface area contributed by atoms with Crippen LogP contribution >= 0.6 is 0 Å². The highest BCUT2D eigenvalue weighted by Gasteiger charge is 2.24. The van der Waals surface area contributed by atoms with Gasteiger partial charge in [-0.25, -0.2) is 15.0 Å². The van der Waals surface area contributed by atoms with E-state index in [0.29, 0.717) is 0 Å². The van der Waals surface area contributed by atoms with Crippen LogP contribution in [0, 0.1) is 0 Å². The Morgan fingerprint density at radius 3 is 2.76 bits per heavy atom. The van der Waals surface area contributed by atoms with Gasteiger partial charge >= 0.3 is 0 Å². The van der Waals surface area contributed by atoms with Crippen molar-refractivity contribution < 1.29 is 4.74 Å². The minimum atomic E-state index is 0.0822. The molecule has 0 saturated carbocycles. The predicted molar refractivity (Wildman–Crippen MR) is 77.2 cm³/mol. The minimum absolute atomic E-state index is 0.0822. The molecule has 2 N–H and O–H groups in total. The van der Waals surface area contributed by atoms with Gasteiger partial charge in [0.25, 0.3) is 0 Å². The van der Waals surface area contributed by atoms with E-state index in [-0.39, 0.29) is 6.04 Å². The molecule has 110 valence electrons. The number of nitrogens with one attached hydrogen (secondary N) is 2. The van der Waals surface area contributed by atoms with Crippen molar-refractivity contribution in [2.75, 3.05) is 37.7 Å². The maximum Gasteiger partial charge on any atom is 0.225 e. The Balaban J connectivity index is 1.57. The largest absolute Gasteiger partial charge is 0.378 e. The van der Waals surface area contributed by atoms with Gasteiger partial charge in [-0.3, -0.25) is 0 Å². The second-order valence-corrected chi connectivity index (χ2v) is 5.32. The maximum atomic E-state index is 5.35. The Bertz CT molecular complexity index is 604. The number of imidazole rings is 1. The Morgan fingerprint density at radius 2 is 1.95 bits per heavy atom. The molecule has 1 fully saturated rings. The first-order valence-corrected chi connectivity index (χ1v) is 7.32. The predicted octanol–water partition coefficient (Wildman–Crippen LogP) is 0.271. The smallest absolute Gasteiger partial charge is 0.225 e. The number of hydrogen-bond acceptors (Lipinski definition) is 6. The lowest BCUT2D eigenvalue weighted by molar-refractivity contribution is 0.122. The van der Waals surface area contributed by atoms with Crippen LogP contribution in [0.3, 0.4) is 0 Å². The molecule has 4 heterocycles. The summed E-state index contributed by atoms with van der Waals surface area (Å²) in [4.78, 5) is 18.8. The molecule has 0 aliphatic carbocycles. The first kappa shape index (κ1) is 12.7. The molecule has 1 unspecified atom stereocenters. The van der Waals surface area contributed by atoms with Crippen LogP contribution in [-0.4, -0.2) is 52.8 Å². The number of morpholine rings is 1. The Kier molecular flexibility index (Phi) is 3.28. The summed E-state index contributed by atoms with van der Waals surface area (Å²) < 4.78 is 5.35. The van der Waals surface area contributed by atoms with Crippen LogP contribution in [-0.2, 0) is 11.2 Å². The number of ether oxygens (including phenoxy) is 1. The van der Waals surface area contributed by atoms with E-state index in [1.54, 1.807) is 6.33 Å². The first-order chi connectivity index (χ1) is 10.4. The van der Waals surface area contributed by atoms with Crippen LogP contribution in [0.25, 0.3) is 0 Å². The summed E-state index contributed by atoms with van der Waals surface area (Å²) in [6.45, 7) is 4.12. The molecule has 1 saturated heterocycles. The Morgan fingerprint density at radius 1 is 1.14 bits per heavy atom. The van der Waals surface area contributed by atoms with Gasteiger partial charge in [0.05, 0.1) is 31.3 Å². The fraction of sp³-hybridized carbons (Fsp3) is 0.500. The van der Waals surface area contributed by atoms with Crippen LogP contribution in [0.15, 0.2) is 18.7 Å². The molecular formula is C14H18N6O. The van der Waals surface area contributed by atoms with Crippen molar-refractivity contribution >= 4 is 5.95 Å². The molecule has 0 bridgehead atoms. The second kappa shape index (κ2) is 5.42. The molecule has 0 aromatic carbocycles. The second-order valence-electron chi connectivity index (χ2n) is 5.32. The summed E-state index contributed by atoms with van der Waals surface area (Å²) in [6, 6.07) is 0.0822. The van der Waals surface area contributed by atoms with Crippen LogP contribution in [0.1, 0.15) is 23.0 Å². The summed E-state index contributed by atoms with van der Waals surface area (Å²) in [5.41, 5.74) is 3.32. The van der Waals surface area contributed by atoms with Gasteiger partial charge in [-0.2, -0.15) is 0 Å². The van der Waals surface area contributed by atoms with Crippen molar-refractivity contribution in [3.8, 4) is 0 Å². The fourth-order valence-electron chi connectivity index (χ4n) is 2.90. The number of aromatic nitrogens is 4. The van der Waals surface area contributed by atoms with Gasteiger partial charge < -0.3 is 19.9 Å². The molecule has 21 heavy (non-hydrogen) atoms. The summed E-state index contributed by atoms with van der Waals surface area (Å²) >= 11 is 0. The minimum Gasteiger partial charge on any atom is -0.378 e. The highest BCUT2D eigenvalue weighted by molar-refractivity contribution is 5.34. The molecule has 2 aromatic heterocycles. The fourth-order valence-corrected chi connectivity index (χ4v) is 2.90. The summed E-state index contributed by atoms with van der Waals surface area (Å²) in [7, 11) is 0. The van der Waals surface area contributed by atoms with Gasteiger partial charge in [-0.15, -0.1) is 0 Å².